The van der Waals surface area contributed by atoms with Crippen LogP contribution in [0.2, 0.25) is 0 Å². The second-order valence-electron chi connectivity index (χ2n) is 3.84. The van der Waals surface area contributed by atoms with Gasteiger partial charge in [0.1, 0.15) is 16.8 Å². The number of fused-ring (bicyclic) bond motifs is 1. The Hall–Kier alpha value is -0.130. The van der Waals surface area contributed by atoms with E-state index >= 15 is 0 Å². The van der Waals surface area contributed by atoms with Gasteiger partial charge in [-0.15, -0.1) is 35.0 Å². The van der Waals surface area contributed by atoms with Crippen molar-refractivity contribution in [2.45, 2.75) is 28.5 Å². The summed E-state index contributed by atoms with van der Waals surface area (Å²) in [4.78, 5) is 23.9. The highest BCUT2D eigenvalue weighted by Crippen LogP contribution is 2.52. The first-order valence-electron chi connectivity index (χ1n) is 4.35. The monoisotopic (exact) mass is 269 g/mol. The zero-order valence-electron chi connectivity index (χ0n) is 7.81. The van der Waals surface area contributed by atoms with Gasteiger partial charge >= 0.3 is 5.97 Å². The molecule has 2 saturated heterocycles. The number of aliphatic carboxylic acids is 1. The molecule has 0 radical (unpaired) electrons. The molecule has 2 fully saturated rings. The van der Waals surface area contributed by atoms with Crippen LogP contribution in [0.5, 0.6) is 0 Å². The molecular weight excluding hydrogens is 261 g/mol. The van der Waals surface area contributed by atoms with Crippen LogP contribution in [0.15, 0.2) is 0 Å². The van der Waals surface area contributed by atoms with E-state index in [9.17, 15) is 9.59 Å². The van der Waals surface area contributed by atoms with Gasteiger partial charge in [0.25, 0.3) is 0 Å². The van der Waals surface area contributed by atoms with Crippen molar-refractivity contribution in [1.82, 2.24) is 4.90 Å². The number of carbonyl (C=O) groups excluding carboxylic acids is 1. The van der Waals surface area contributed by atoms with Crippen molar-refractivity contribution >= 4 is 46.8 Å². The fraction of sp³-hybridized carbons (Fsp3) is 0.750. The fourth-order valence-corrected chi connectivity index (χ4v) is 4.22. The number of rotatable bonds is 2. The van der Waals surface area contributed by atoms with Gasteiger partial charge in [0.2, 0.25) is 5.91 Å². The molecule has 2 aliphatic heterocycles. The number of carboxylic acids is 1. The van der Waals surface area contributed by atoms with Crippen LogP contribution < -0.4 is 0 Å². The van der Waals surface area contributed by atoms with E-state index in [0.29, 0.717) is 0 Å². The Morgan fingerprint density at radius 2 is 2.33 bits per heavy atom. The van der Waals surface area contributed by atoms with Crippen LogP contribution in [0.25, 0.3) is 0 Å². The molecule has 2 heterocycles. The minimum Gasteiger partial charge on any atom is -0.480 e. The Morgan fingerprint density at radius 3 is 2.80 bits per heavy atom. The van der Waals surface area contributed by atoms with Crippen molar-refractivity contribution in [3.8, 4) is 0 Å². The van der Waals surface area contributed by atoms with Gasteiger partial charge in [-0.05, 0) is 6.92 Å². The standard InChI is InChI=1S/C8H9Cl2NO3S/c1-8(2-9)4(7(13)14)11-5(12)3(10)6(11)15-8/h3-4,6H,2H2,1H3,(H,13,14)/t3-,4-,6+,8-/m0/s1. The molecule has 7 heteroatoms. The average molecular weight is 270 g/mol. The summed E-state index contributed by atoms with van der Waals surface area (Å²) in [6.07, 6.45) is 0. The molecule has 0 spiro atoms. The highest BCUT2D eigenvalue weighted by atomic mass is 35.5. The second-order valence-corrected chi connectivity index (χ2v) is 6.23. The lowest BCUT2D eigenvalue weighted by Crippen LogP contribution is -2.64. The first-order chi connectivity index (χ1) is 6.92. The predicted octanol–water partition coefficient (Wildman–Crippen LogP) is 0.960. The summed E-state index contributed by atoms with van der Waals surface area (Å²) in [7, 11) is 0. The Kier molecular flexibility index (Phi) is 2.60. The van der Waals surface area contributed by atoms with Crippen molar-refractivity contribution in [1.29, 1.82) is 0 Å². The lowest BCUT2D eigenvalue weighted by atomic mass is 9.98. The van der Waals surface area contributed by atoms with Crippen LogP contribution in [0.3, 0.4) is 0 Å². The first-order valence-corrected chi connectivity index (χ1v) is 6.20. The molecule has 2 aliphatic rings. The van der Waals surface area contributed by atoms with Crippen LogP contribution in [-0.4, -0.2) is 49.3 Å². The molecule has 0 bridgehead atoms. The Bertz CT molecular complexity index is 340. The molecule has 0 aromatic heterocycles. The van der Waals surface area contributed by atoms with Gasteiger partial charge in [-0.1, -0.05) is 0 Å². The molecular formula is C8H9Cl2NO3S. The molecule has 2 rings (SSSR count). The van der Waals surface area contributed by atoms with Crippen molar-refractivity contribution < 1.29 is 14.7 Å². The maximum absolute atomic E-state index is 11.4. The minimum absolute atomic E-state index is 0.179. The number of β-lactam (4-membered cyclic amide) rings is 1. The van der Waals surface area contributed by atoms with Gasteiger partial charge in [-0.25, -0.2) is 4.79 Å². The zero-order valence-corrected chi connectivity index (χ0v) is 10.1. The highest BCUT2D eigenvalue weighted by molar-refractivity contribution is 8.01. The van der Waals surface area contributed by atoms with E-state index in [1.807, 2.05) is 0 Å². The summed E-state index contributed by atoms with van der Waals surface area (Å²) in [5.41, 5.74) is 0. The largest absolute Gasteiger partial charge is 0.480 e. The van der Waals surface area contributed by atoms with Crippen molar-refractivity contribution in [2.75, 3.05) is 5.88 Å². The number of halogens is 2. The molecule has 15 heavy (non-hydrogen) atoms. The molecule has 0 aromatic rings. The van der Waals surface area contributed by atoms with E-state index in [1.54, 1.807) is 6.92 Å². The van der Waals surface area contributed by atoms with Crippen molar-refractivity contribution in [3.63, 3.8) is 0 Å². The number of hydrogen-bond donors (Lipinski definition) is 1. The van der Waals surface area contributed by atoms with Gasteiger partial charge in [0.15, 0.2) is 0 Å². The quantitative estimate of drug-likeness (QED) is 0.599. The summed E-state index contributed by atoms with van der Waals surface area (Å²) in [5.74, 6) is -1.15. The third-order valence-corrected chi connectivity index (χ3v) is 5.70. The van der Waals surface area contributed by atoms with Gasteiger partial charge in [0, 0.05) is 5.88 Å². The summed E-state index contributed by atoms with van der Waals surface area (Å²) in [6.45, 7) is 1.75. The molecule has 0 unspecified atom stereocenters. The first kappa shape index (κ1) is 11.4. The molecule has 4 nitrogen and oxygen atoms in total. The van der Waals surface area contributed by atoms with E-state index in [0.717, 1.165) is 0 Å². The van der Waals surface area contributed by atoms with E-state index in [-0.39, 0.29) is 17.2 Å². The number of amides is 1. The van der Waals surface area contributed by atoms with Crippen LogP contribution >= 0.6 is 35.0 Å². The fourth-order valence-electron chi connectivity index (χ4n) is 1.96. The zero-order chi connectivity index (χ0) is 11.4. The van der Waals surface area contributed by atoms with E-state index < -0.39 is 22.1 Å². The van der Waals surface area contributed by atoms with Crippen LogP contribution in [-0.2, 0) is 9.59 Å². The topological polar surface area (TPSA) is 57.6 Å². The van der Waals surface area contributed by atoms with E-state index in [1.165, 1.54) is 16.7 Å². The molecule has 1 N–H and O–H groups in total. The molecule has 0 saturated carbocycles. The maximum Gasteiger partial charge on any atom is 0.327 e. The Labute approximate surface area is 101 Å². The Morgan fingerprint density at radius 1 is 1.73 bits per heavy atom. The number of carboxylic acid groups (broad SMARTS) is 1. The second kappa shape index (κ2) is 3.43. The summed E-state index contributed by atoms with van der Waals surface area (Å²) in [5, 5.41) is 8.24. The lowest BCUT2D eigenvalue weighted by molar-refractivity contribution is -0.156. The van der Waals surface area contributed by atoms with E-state index in [4.69, 9.17) is 28.3 Å². The van der Waals surface area contributed by atoms with Crippen LogP contribution in [0, 0.1) is 0 Å². The SMILES string of the molecule is C[C@@]1(CCl)S[C@@H]2[C@@H](Cl)C(=O)N2[C@H]1C(=O)O. The number of hydrogen-bond acceptors (Lipinski definition) is 3. The number of carbonyl (C=O) groups is 2. The summed E-state index contributed by atoms with van der Waals surface area (Å²) in [6, 6.07) is -0.868. The number of nitrogens with zero attached hydrogens (tertiary/aromatic N) is 1. The Balaban J connectivity index is 2.33. The number of thioether (sulfide) groups is 1. The molecule has 4 atom stereocenters. The van der Waals surface area contributed by atoms with E-state index in [2.05, 4.69) is 0 Å². The van der Waals surface area contributed by atoms with Gasteiger partial charge in [0.05, 0.1) is 4.75 Å². The summed E-state index contributed by atoms with van der Waals surface area (Å²) < 4.78 is -0.655. The van der Waals surface area contributed by atoms with Gasteiger partial charge in [-0.2, -0.15) is 0 Å². The molecule has 84 valence electrons. The number of alkyl halides is 2. The normalized spacial score (nSPS) is 43.8. The summed E-state index contributed by atoms with van der Waals surface area (Å²) >= 11 is 13.0. The molecule has 0 aromatic carbocycles. The molecule has 0 aliphatic carbocycles. The van der Waals surface area contributed by atoms with Gasteiger partial charge < -0.3 is 10.0 Å². The highest BCUT2D eigenvalue weighted by Gasteiger charge is 2.64. The maximum atomic E-state index is 11.4. The van der Waals surface area contributed by atoms with Gasteiger partial charge in [-0.3, -0.25) is 4.79 Å². The predicted molar refractivity (Wildman–Crippen MR) is 58.4 cm³/mol. The van der Waals surface area contributed by atoms with Crippen molar-refractivity contribution in [3.05, 3.63) is 0 Å². The smallest absolute Gasteiger partial charge is 0.327 e. The third kappa shape index (κ3) is 1.36. The third-order valence-electron chi connectivity index (χ3n) is 2.76. The average Bonchev–Trinajstić information content (AvgIpc) is 2.49. The lowest BCUT2D eigenvalue weighted by Gasteiger charge is -2.40. The minimum atomic E-state index is -1.02. The molecule has 1 amide bonds. The van der Waals surface area contributed by atoms with Crippen molar-refractivity contribution in [2.24, 2.45) is 0 Å². The van der Waals surface area contributed by atoms with Crippen LogP contribution in [0.1, 0.15) is 6.92 Å². The van der Waals surface area contributed by atoms with Crippen LogP contribution in [0.4, 0.5) is 0 Å².